The Morgan fingerprint density at radius 3 is 2.53 bits per heavy atom. The normalized spacial score (nSPS) is 11.9. The Kier molecular flexibility index (Phi) is 3.81. The number of carbonyl (C=O) groups excluding carboxylic acids is 1. The van der Waals surface area contributed by atoms with E-state index < -0.39 is 6.04 Å². The monoisotopic (exact) mass is 203 g/mol. The van der Waals surface area contributed by atoms with E-state index in [2.05, 4.69) is 10.3 Å². The van der Waals surface area contributed by atoms with Crippen molar-refractivity contribution in [1.82, 2.24) is 10.3 Å². The zero-order chi connectivity index (χ0) is 11.3. The predicted molar refractivity (Wildman–Crippen MR) is 55.6 cm³/mol. The summed E-state index contributed by atoms with van der Waals surface area (Å²) in [4.78, 5) is 15.3. The molecular formula is C11H13N3O. The van der Waals surface area contributed by atoms with Crippen molar-refractivity contribution in [2.24, 2.45) is 5.92 Å². The van der Waals surface area contributed by atoms with E-state index in [0.29, 0.717) is 0 Å². The molecule has 78 valence electrons. The van der Waals surface area contributed by atoms with Gasteiger partial charge < -0.3 is 5.32 Å². The fraction of sp³-hybridized carbons (Fsp3) is 0.364. The first-order valence-electron chi connectivity index (χ1n) is 4.75. The molecular weight excluding hydrogens is 190 g/mol. The highest BCUT2D eigenvalue weighted by atomic mass is 16.1. The Balaban J connectivity index is 2.75. The highest BCUT2D eigenvalue weighted by molar-refractivity contribution is 5.78. The predicted octanol–water partition coefficient (Wildman–Crippen LogP) is 1.42. The van der Waals surface area contributed by atoms with E-state index in [1.54, 1.807) is 38.4 Å². The van der Waals surface area contributed by atoms with Gasteiger partial charge in [-0.3, -0.25) is 9.78 Å². The standard InChI is InChI=1S/C11H13N3O/c1-8(2)11(15)14-10(7-12)9-3-5-13-6-4-9/h3-6,8,10H,1-2H3,(H,14,15). The Labute approximate surface area is 88.9 Å². The van der Waals surface area contributed by atoms with Crippen LogP contribution in [0.1, 0.15) is 25.5 Å². The van der Waals surface area contributed by atoms with Crippen LogP contribution in [0, 0.1) is 17.2 Å². The molecule has 4 heteroatoms. The Bertz CT molecular complexity index is 367. The van der Waals surface area contributed by atoms with Crippen molar-refractivity contribution in [1.29, 1.82) is 5.26 Å². The molecule has 1 N–H and O–H groups in total. The van der Waals surface area contributed by atoms with Crippen LogP contribution in [0.2, 0.25) is 0 Å². The number of nitrogens with one attached hydrogen (secondary N) is 1. The van der Waals surface area contributed by atoms with Crippen LogP contribution in [0.5, 0.6) is 0 Å². The first kappa shape index (κ1) is 11.2. The van der Waals surface area contributed by atoms with Crippen LogP contribution in [0.25, 0.3) is 0 Å². The number of hydrogen-bond donors (Lipinski definition) is 1. The average molecular weight is 203 g/mol. The number of nitriles is 1. The fourth-order valence-electron chi connectivity index (χ4n) is 1.05. The second kappa shape index (κ2) is 5.11. The average Bonchev–Trinajstić information content (AvgIpc) is 2.26. The maximum Gasteiger partial charge on any atom is 0.223 e. The summed E-state index contributed by atoms with van der Waals surface area (Å²) in [5, 5.41) is 11.6. The van der Waals surface area contributed by atoms with E-state index in [1.807, 2.05) is 6.07 Å². The molecule has 1 unspecified atom stereocenters. The number of amides is 1. The number of hydrogen-bond acceptors (Lipinski definition) is 3. The van der Waals surface area contributed by atoms with Gasteiger partial charge in [0, 0.05) is 18.3 Å². The summed E-state index contributed by atoms with van der Waals surface area (Å²) < 4.78 is 0. The minimum absolute atomic E-state index is 0.123. The summed E-state index contributed by atoms with van der Waals surface area (Å²) in [6, 6.07) is 4.88. The third-order valence-electron chi connectivity index (χ3n) is 1.98. The Hall–Kier alpha value is -1.89. The molecule has 0 aliphatic carbocycles. The molecule has 1 aromatic rings. The van der Waals surface area contributed by atoms with Crippen LogP contribution in [0.15, 0.2) is 24.5 Å². The molecule has 4 nitrogen and oxygen atoms in total. The zero-order valence-electron chi connectivity index (χ0n) is 8.77. The highest BCUT2D eigenvalue weighted by Crippen LogP contribution is 2.10. The molecule has 0 aliphatic rings. The first-order chi connectivity index (χ1) is 7.15. The fourth-order valence-corrected chi connectivity index (χ4v) is 1.05. The molecule has 0 aromatic carbocycles. The second-order valence-electron chi connectivity index (χ2n) is 3.51. The molecule has 15 heavy (non-hydrogen) atoms. The maximum atomic E-state index is 11.4. The van der Waals surface area contributed by atoms with Crippen LogP contribution >= 0.6 is 0 Å². The molecule has 1 atom stereocenters. The van der Waals surface area contributed by atoms with Gasteiger partial charge in [0.15, 0.2) is 0 Å². The van der Waals surface area contributed by atoms with Gasteiger partial charge in [-0.15, -0.1) is 0 Å². The van der Waals surface area contributed by atoms with Gasteiger partial charge in [-0.25, -0.2) is 0 Å². The molecule has 0 radical (unpaired) electrons. The summed E-state index contributed by atoms with van der Waals surface area (Å²) in [7, 11) is 0. The van der Waals surface area contributed by atoms with Crippen molar-refractivity contribution in [2.45, 2.75) is 19.9 Å². The summed E-state index contributed by atoms with van der Waals surface area (Å²) >= 11 is 0. The van der Waals surface area contributed by atoms with E-state index >= 15 is 0 Å². The number of pyridine rings is 1. The van der Waals surface area contributed by atoms with Crippen molar-refractivity contribution in [3.63, 3.8) is 0 Å². The largest absolute Gasteiger partial charge is 0.336 e. The van der Waals surface area contributed by atoms with Gasteiger partial charge in [-0.1, -0.05) is 13.8 Å². The van der Waals surface area contributed by atoms with Crippen molar-refractivity contribution >= 4 is 5.91 Å². The number of carbonyl (C=O) groups is 1. The maximum absolute atomic E-state index is 11.4. The Morgan fingerprint density at radius 1 is 1.47 bits per heavy atom. The molecule has 1 rings (SSSR count). The molecule has 0 saturated heterocycles. The lowest BCUT2D eigenvalue weighted by Gasteiger charge is -2.13. The lowest BCUT2D eigenvalue weighted by Crippen LogP contribution is -2.31. The minimum Gasteiger partial charge on any atom is -0.336 e. The number of aromatic nitrogens is 1. The summed E-state index contributed by atoms with van der Waals surface area (Å²) in [6.07, 6.45) is 3.20. The van der Waals surface area contributed by atoms with Crippen LogP contribution in [-0.2, 0) is 4.79 Å². The third kappa shape index (κ3) is 3.06. The zero-order valence-corrected chi connectivity index (χ0v) is 8.77. The number of nitrogens with zero attached hydrogens (tertiary/aromatic N) is 2. The van der Waals surface area contributed by atoms with Gasteiger partial charge in [-0.05, 0) is 17.7 Å². The van der Waals surface area contributed by atoms with Crippen molar-refractivity contribution < 1.29 is 4.79 Å². The van der Waals surface area contributed by atoms with Gasteiger partial charge in [0.05, 0.1) is 6.07 Å². The van der Waals surface area contributed by atoms with E-state index in [4.69, 9.17) is 5.26 Å². The Morgan fingerprint density at radius 2 is 2.07 bits per heavy atom. The van der Waals surface area contributed by atoms with Crippen molar-refractivity contribution in [3.05, 3.63) is 30.1 Å². The highest BCUT2D eigenvalue weighted by Gasteiger charge is 2.15. The van der Waals surface area contributed by atoms with E-state index in [0.717, 1.165) is 5.56 Å². The molecule has 1 heterocycles. The van der Waals surface area contributed by atoms with Crippen LogP contribution < -0.4 is 5.32 Å². The van der Waals surface area contributed by atoms with Gasteiger partial charge in [-0.2, -0.15) is 5.26 Å². The van der Waals surface area contributed by atoms with Gasteiger partial charge in [0.1, 0.15) is 6.04 Å². The minimum atomic E-state index is -0.595. The summed E-state index contributed by atoms with van der Waals surface area (Å²) in [5.74, 6) is -0.249. The molecule has 1 amide bonds. The number of rotatable bonds is 3. The molecule has 0 bridgehead atoms. The van der Waals surface area contributed by atoms with Gasteiger partial charge >= 0.3 is 0 Å². The SMILES string of the molecule is CC(C)C(=O)NC(C#N)c1ccncc1. The lowest BCUT2D eigenvalue weighted by atomic mass is 10.1. The quantitative estimate of drug-likeness (QED) is 0.807. The molecule has 0 fully saturated rings. The lowest BCUT2D eigenvalue weighted by molar-refractivity contribution is -0.124. The van der Waals surface area contributed by atoms with E-state index in [-0.39, 0.29) is 11.8 Å². The smallest absolute Gasteiger partial charge is 0.223 e. The van der Waals surface area contributed by atoms with Gasteiger partial charge in [0.25, 0.3) is 0 Å². The first-order valence-corrected chi connectivity index (χ1v) is 4.75. The summed E-state index contributed by atoms with van der Waals surface area (Å²) in [5.41, 5.74) is 0.751. The molecule has 0 aliphatic heterocycles. The van der Waals surface area contributed by atoms with E-state index in [1.165, 1.54) is 0 Å². The second-order valence-corrected chi connectivity index (χ2v) is 3.51. The topological polar surface area (TPSA) is 65.8 Å². The van der Waals surface area contributed by atoms with Crippen molar-refractivity contribution in [3.8, 4) is 6.07 Å². The van der Waals surface area contributed by atoms with Crippen LogP contribution in [-0.4, -0.2) is 10.9 Å². The molecule has 1 aromatic heterocycles. The van der Waals surface area contributed by atoms with Crippen LogP contribution in [0.4, 0.5) is 0 Å². The molecule has 0 saturated carbocycles. The van der Waals surface area contributed by atoms with Crippen molar-refractivity contribution in [2.75, 3.05) is 0 Å². The van der Waals surface area contributed by atoms with E-state index in [9.17, 15) is 4.79 Å². The summed E-state index contributed by atoms with van der Waals surface area (Å²) in [6.45, 7) is 3.58. The van der Waals surface area contributed by atoms with Crippen LogP contribution in [0.3, 0.4) is 0 Å². The van der Waals surface area contributed by atoms with Gasteiger partial charge in [0.2, 0.25) is 5.91 Å². The molecule has 0 spiro atoms. The third-order valence-corrected chi connectivity index (χ3v) is 1.98.